The number of hydrogen-bond donors (Lipinski definition) is 2. The summed E-state index contributed by atoms with van der Waals surface area (Å²) in [7, 11) is 0. The Hall–Kier alpha value is -1.84. The van der Waals surface area contributed by atoms with Crippen LogP contribution in [0.4, 0.5) is 0 Å². The molecule has 0 aromatic heterocycles. The quantitative estimate of drug-likeness (QED) is 0.820. The SMILES string of the molecule is Cc1ccc(O)cc1CCC1C(=O)CC[C@]2(C)[C@@H](C(C)C(=O)O)CC[C@@H]12. The molecule has 1 aromatic rings. The van der Waals surface area contributed by atoms with Gasteiger partial charge >= 0.3 is 5.97 Å². The number of aryl methyl sites for hydroxylation is 2. The number of rotatable bonds is 5. The summed E-state index contributed by atoms with van der Waals surface area (Å²) >= 11 is 0. The predicted molar refractivity (Wildman–Crippen MR) is 100 cm³/mol. The van der Waals surface area contributed by atoms with Crippen molar-refractivity contribution in [3.8, 4) is 5.75 Å². The van der Waals surface area contributed by atoms with Crippen molar-refractivity contribution in [2.45, 2.75) is 59.3 Å². The summed E-state index contributed by atoms with van der Waals surface area (Å²) in [6.45, 7) is 6.07. The molecule has 1 aromatic carbocycles. The second-order valence-electron chi connectivity index (χ2n) is 8.65. The zero-order valence-electron chi connectivity index (χ0n) is 16.0. The van der Waals surface area contributed by atoms with Gasteiger partial charge in [0.1, 0.15) is 11.5 Å². The molecule has 0 bridgehead atoms. The van der Waals surface area contributed by atoms with Crippen molar-refractivity contribution >= 4 is 11.8 Å². The van der Waals surface area contributed by atoms with Gasteiger partial charge in [0.2, 0.25) is 0 Å². The van der Waals surface area contributed by atoms with Crippen LogP contribution >= 0.6 is 0 Å². The summed E-state index contributed by atoms with van der Waals surface area (Å²) in [6, 6.07) is 5.40. The number of phenolic OH excluding ortho intramolecular Hbond substituents is 1. The molecule has 4 nitrogen and oxygen atoms in total. The van der Waals surface area contributed by atoms with Gasteiger partial charge in [-0.15, -0.1) is 0 Å². The third-order valence-corrected chi connectivity index (χ3v) is 7.34. The number of phenols is 1. The molecule has 142 valence electrons. The van der Waals surface area contributed by atoms with Gasteiger partial charge < -0.3 is 10.2 Å². The smallest absolute Gasteiger partial charge is 0.306 e. The summed E-state index contributed by atoms with van der Waals surface area (Å²) < 4.78 is 0. The van der Waals surface area contributed by atoms with Crippen LogP contribution in [0.3, 0.4) is 0 Å². The maximum atomic E-state index is 12.7. The molecule has 0 heterocycles. The number of hydrogen-bond acceptors (Lipinski definition) is 3. The maximum absolute atomic E-state index is 12.7. The van der Waals surface area contributed by atoms with Gasteiger partial charge in [-0.3, -0.25) is 9.59 Å². The van der Waals surface area contributed by atoms with Crippen LogP contribution in [0.1, 0.15) is 57.1 Å². The third-order valence-electron chi connectivity index (χ3n) is 7.34. The van der Waals surface area contributed by atoms with Crippen LogP contribution in [0.2, 0.25) is 0 Å². The van der Waals surface area contributed by atoms with E-state index in [1.165, 1.54) is 0 Å². The number of carboxylic acid groups (broad SMARTS) is 1. The van der Waals surface area contributed by atoms with Crippen molar-refractivity contribution in [1.29, 1.82) is 0 Å². The normalized spacial score (nSPS) is 32.3. The topological polar surface area (TPSA) is 74.6 Å². The van der Waals surface area contributed by atoms with Crippen molar-refractivity contribution in [3.05, 3.63) is 29.3 Å². The van der Waals surface area contributed by atoms with Crippen molar-refractivity contribution < 1.29 is 19.8 Å². The lowest BCUT2D eigenvalue weighted by atomic mass is 9.58. The minimum Gasteiger partial charge on any atom is -0.508 e. The lowest BCUT2D eigenvalue weighted by molar-refractivity contribution is -0.146. The maximum Gasteiger partial charge on any atom is 0.306 e. The van der Waals surface area contributed by atoms with E-state index in [9.17, 15) is 19.8 Å². The van der Waals surface area contributed by atoms with Crippen LogP contribution in [-0.2, 0) is 16.0 Å². The largest absolute Gasteiger partial charge is 0.508 e. The van der Waals surface area contributed by atoms with E-state index in [0.29, 0.717) is 12.2 Å². The number of carbonyl (C=O) groups excluding carboxylic acids is 1. The average Bonchev–Trinajstić information content (AvgIpc) is 2.94. The van der Waals surface area contributed by atoms with E-state index in [-0.39, 0.29) is 34.8 Å². The highest BCUT2D eigenvalue weighted by atomic mass is 16.4. The van der Waals surface area contributed by atoms with Crippen LogP contribution in [0.25, 0.3) is 0 Å². The Morgan fingerprint density at radius 1 is 1.35 bits per heavy atom. The average molecular weight is 358 g/mol. The molecule has 5 atom stereocenters. The van der Waals surface area contributed by atoms with E-state index in [4.69, 9.17) is 0 Å². The van der Waals surface area contributed by atoms with Crippen molar-refractivity contribution in [1.82, 2.24) is 0 Å². The Bertz CT molecular complexity index is 710. The Kier molecular flexibility index (Phi) is 5.14. The highest BCUT2D eigenvalue weighted by Crippen LogP contribution is 2.59. The Morgan fingerprint density at radius 2 is 2.08 bits per heavy atom. The number of carbonyl (C=O) groups is 2. The van der Waals surface area contributed by atoms with Gasteiger partial charge in [-0.25, -0.2) is 0 Å². The number of Topliss-reactive ketones (excluding diaryl/α,β-unsaturated/α-hetero) is 1. The minimum atomic E-state index is -0.722. The lowest BCUT2D eigenvalue weighted by Gasteiger charge is -2.45. The Morgan fingerprint density at radius 3 is 2.77 bits per heavy atom. The first-order valence-electron chi connectivity index (χ1n) is 9.78. The van der Waals surface area contributed by atoms with E-state index in [1.807, 2.05) is 19.9 Å². The van der Waals surface area contributed by atoms with Crippen molar-refractivity contribution in [2.75, 3.05) is 0 Å². The first-order valence-corrected chi connectivity index (χ1v) is 9.78. The molecule has 2 aliphatic carbocycles. The zero-order valence-corrected chi connectivity index (χ0v) is 16.0. The fraction of sp³-hybridized carbons (Fsp3) is 0.636. The van der Waals surface area contributed by atoms with E-state index < -0.39 is 5.97 Å². The Labute approximate surface area is 155 Å². The van der Waals surface area contributed by atoms with E-state index in [1.54, 1.807) is 12.1 Å². The minimum absolute atomic E-state index is 0.0153. The third kappa shape index (κ3) is 3.26. The van der Waals surface area contributed by atoms with Crippen LogP contribution in [0.15, 0.2) is 18.2 Å². The van der Waals surface area contributed by atoms with E-state index in [2.05, 4.69) is 6.92 Å². The molecule has 0 aliphatic heterocycles. The fourth-order valence-corrected chi connectivity index (χ4v) is 5.72. The van der Waals surface area contributed by atoms with Crippen LogP contribution in [0, 0.1) is 36.0 Å². The monoisotopic (exact) mass is 358 g/mol. The highest BCUT2D eigenvalue weighted by Gasteiger charge is 2.55. The van der Waals surface area contributed by atoms with Gasteiger partial charge in [-0.1, -0.05) is 19.9 Å². The van der Waals surface area contributed by atoms with E-state index >= 15 is 0 Å². The summed E-state index contributed by atoms with van der Waals surface area (Å²) in [4.78, 5) is 24.2. The first-order chi connectivity index (χ1) is 12.2. The molecule has 2 unspecified atom stereocenters. The number of aliphatic carboxylic acids is 1. The molecule has 4 heteroatoms. The zero-order chi connectivity index (χ0) is 19.1. The molecule has 2 aliphatic rings. The highest BCUT2D eigenvalue weighted by molar-refractivity contribution is 5.82. The summed E-state index contributed by atoms with van der Waals surface area (Å²) in [5, 5.41) is 19.2. The number of fused-ring (bicyclic) bond motifs is 1. The van der Waals surface area contributed by atoms with Gasteiger partial charge in [0, 0.05) is 12.3 Å². The molecular formula is C22H30O4. The predicted octanol–water partition coefficient (Wildman–Crippen LogP) is 4.37. The molecule has 26 heavy (non-hydrogen) atoms. The summed E-state index contributed by atoms with van der Waals surface area (Å²) in [5.74, 6) is -0.0128. The standard InChI is InChI=1S/C22H30O4/c1-13-4-6-16(23)12-15(13)5-7-17-19-9-8-18(14(2)21(25)26)22(19,3)11-10-20(17)24/h4,6,12,14,17-19,23H,5,7-11H2,1-3H3,(H,25,26)/t14?,17?,18-,19+,22-/m1/s1. The molecule has 2 fully saturated rings. The lowest BCUT2D eigenvalue weighted by Crippen LogP contribution is -2.44. The van der Waals surface area contributed by atoms with Crippen LogP contribution in [-0.4, -0.2) is 22.0 Å². The van der Waals surface area contributed by atoms with Gasteiger partial charge in [0.15, 0.2) is 0 Å². The second-order valence-corrected chi connectivity index (χ2v) is 8.65. The van der Waals surface area contributed by atoms with Gasteiger partial charge in [0.25, 0.3) is 0 Å². The molecule has 0 radical (unpaired) electrons. The summed E-state index contributed by atoms with van der Waals surface area (Å²) in [5.41, 5.74) is 2.18. The summed E-state index contributed by atoms with van der Waals surface area (Å²) in [6.07, 6.45) is 4.82. The molecule has 2 saturated carbocycles. The first kappa shape index (κ1) is 18.9. The molecule has 0 saturated heterocycles. The van der Waals surface area contributed by atoms with Gasteiger partial charge in [0.05, 0.1) is 5.92 Å². The fourth-order valence-electron chi connectivity index (χ4n) is 5.72. The molecule has 0 spiro atoms. The molecule has 0 amide bonds. The van der Waals surface area contributed by atoms with Crippen LogP contribution < -0.4 is 0 Å². The van der Waals surface area contributed by atoms with E-state index in [0.717, 1.165) is 43.2 Å². The van der Waals surface area contributed by atoms with Gasteiger partial charge in [-0.05, 0) is 79.5 Å². The number of aromatic hydroxyl groups is 1. The second kappa shape index (κ2) is 7.05. The molecular weight excluding hydrogens is 328 g/mol. The number of benzene rings is 1. The van der Waals surface area contributed by atoms with Gasteiger partial charge in [-0.2, -0.15) is 0 Å². The van der Waals surface area contributed by atoms with Crippen molar-refractivity contribution in [2.24, 2.45) is 29.1 Å². The number of carboxylic acids is 1. The Balaban J connectivity index is 1.78. The molecule has 3 rings (SSSR count). The number of ketones is 1. The van der Waals surface area contributed by atoms with Crippen LogP contribution in [0.5, 0.6) is 5.75 Å². The van der Waals surface area contributed by atoms with Crippen molar-refractivity contribution in [3.63, 3.8) is 0 Å². The molecule has 2 N–H and O–H groups in total.